The molecule has 1 aliphatic carbocycles. The standard InChI is InChI=1S/C25H37N5O3S/c1-3-18-4-6-20(7-5-18)22-28-23(31)25(29-22)11-13-30(14-12-25)34(33)15-10-19-8-9-21(16-17(19)2)27-24(26)32/h8-9,16,18,20H,3-7,10-15H2,1-2H3,(H3,26,27,32)(H,28,29,31)/t18-,20-,34?. The molecule has 1 saturated carbocycles. The van der Waals surface area contributed by atoms with Gasteiger partial charge >= 0.3 is 6.03 Å². The van der Waals surface area contributed by atoms with Crippen LogP contribution in [-0.2, 0) is 22.6 Å². The second-order valence-electron chi connectivity index (χ2n) is 9.94. The van der Waals surface area contributed by atoms with E-state index < -0.39 is 22.9 Å². The lowest BCUT2D eigenvalue weighted by Gasteiger charge is -2.35. The van der Waals surface area contributed by atoms with Gasteiger partial charge in [-0.2, -0.15) is 0 Å². The highest BCUT2D eigenvalue weighted by atomic mass is 32.2. The predicted octanol–water partition coefficient (Wildman–Crippen LogP) is 3.27. The highest BCUT2D eigenvalue weighted by Crippen LogP contribution is 2.36. The fourth-order valence-electron chi connectivity index (χ4n) is 5.50. The molecule has 8 nitrogen and oxygen atoms in total. The number of anilines is 1. The van der Waals surface area contributed by atoms with Crippen molar-refractivity contribution < 1.29 is 14.1 Å². The zero-order valence-electron chi connectivity index (χ0n) is 20.3. The number of amides is 3. The van der Waals surface area contributed by atoms with Crippen LogP contribution in [0.25, 0.3) is 0 Å². The van der Waals surface area contributed by atoms with Crippen LogP contribution in [-0.4, -0.2) is 51.0 Å². The van der Waals surface area contributed by atoms with Gasteiger partial charge in [-0.3, -0.25) is 9.79 Å². The minimum Gasteiger partial charge on any atom is -0.598 e. The van der Waals surface area contributed by atoms with Crippen LogP contribution < -0.4 is 16.4 Å². The maximum Gasteiger partial charge on any atom is 0.316 e. The largest absolute Gasteiger partial charge is 0.598 e. The number of nitrogens with two attached hydrogens (primary N) is 1. The van der Waals surface area contributed by atoms with Crippen LogP contribution in [0.3, 0.4) is 0 Å². The number of rotatable bonds is 7. The minimum atomic E-state index is -1.11. The normalized spacial score (nSPS) is 25.6. The van der Waals surface area contributed by atoms with E-state index in [1.807, 2.05) is 29.4 Å². The topological polar surface area (TPSA) is 123 Å². The van der Waals surface area contributed by atoms with Gasteiger partial charge in [0.05, 0.1) is 0 Å². The summed E-state index contributed by atoms with van der Waals surface area (Å²) in [5, 5.41) is 5.69. The molecule has 2 fully saturated rings. The Balaban J connectivity index is 1.29. The Morgan fingerprint density at radius 3 is 2.62 bits per heavy atom. The zero-order chi connectivity index (χ0) is 24.3. The highest BCUT2D eigenvalue weighted by molar-refractivity contribution is 7.89. The summed E-state index contributed by atoms with van der Waals surface area (Å²) in [6, 6.07) is 5.03. The van der Waals surface area contributed by atoms with Crippen molar-refractivity contribution in [3.05, 3.63) is 29.3 Å². The average Bonchev–Trinajstić information content (AvgIpc) is 3.14. The summed E-state index contributed by atoms with van der Waals surface area (Å²) in [6.45, 7) is 5.45. The number of carbonyl (C=O) groups is 2. The summed E-state index contributed by atoms with van der Waals surface area (Å²) in [6.07, 6.45) is 7.82. The lowest BCUT2D eigenvalue weighted by Crippen LogP contribution is -2.51. The van der Waals surface area contributed by atoms with Crippen molar-refractivity contribution in [3.8, 4) is 0 Å². The summed E-state index contributed by atoms with van der Waals surface area (Å²) in [5.41, 5.74) is 7.28. The van der Waals surface area contributed by atoms with E-state index in [0.29, 0.717) is 49.7 Å². The number of nitrogens with one attached hydrogen (secondary N) is 2. The first-order valence-electron chi connectivity index (χ1n) is 12.5. The third kappa shape index (κ3) is 5.58. The van der Waals surface area contributed by atoms with Gasteiger partial charge in [0.25, 0.3) is 5.91 Å². The van der Waals surface area contributed by atoms with Crippen LogP contribution in [0, 0.1) is 18.8 Å². The van der Waals surface area contributed by atoms with Gasteiger partial charge in [0.15, 0.2) is 0 Å². The molecule has 9 heteroatoms. The Morgan fingerprint density at radius 2 is 2.00 bits per heavy atom. The predicted molar refractivity (Wildman–Crippen MR) is 136 cm³/mol. The molecule has 0 aromatic heterocycles. The molecule has 3 aliphatic rings. The number of aryl methyl sites for hydroxylation is 2. The maximum atomic E-state index is 13.0. The Bertz CT molecular complexity index is 936. The van der Waals surface area contributed by atoms with Gasteiger partial charge in [-0.1, -0.05) is 19.4 Å². The molecule has 1 aromatic carbocycles. The van der Waals surface area contributed by atoms with Crippen LogP contribution in [0.2, 0.25) is 0 Å². The Hall–Kier alpha value is -2.10. The molecule has 4 N–H and O–H groups in total. The number of urea groups is 1. The first kappa shape index (κ1) is 25.0. The molecule has 1 aromatic rings. The summed E-state index contributed by atoms with van der Waals surface area (Å²) in [5.74, 6) is 2.66. The third-order valence-corrected chi connectivity index (χ3v) is 9.30. The van der Waals surface area contributed by atoms with Crippen molar-refractivity contribution in [2.24, 2.45) is 22.6 Å². The summed E-state index contributed by atoms with van der Waals surface area (Å²) < 4.78 is 15.0. The molecule has 0 radical (unpaired) electrons. The fraction of sp³-hybridized carbons (Fsp3) is 0.640. The number of aliphatic imine (C=N–C) groups is 1. The monoisotopic (exact) mass is 487 g/mol. The maximum absolute atomic E-state index is 13.0. The third-order valence-electron chi connectivity index (χ3n) is 7.80. The fourth-order valence-corrected chi connectivity index (χ4v) is 6.74. The Kier molecular flexibility index (Phi) is 7.84. The van der Waals surface area contributed by atoms with E-state index >= 15 is 0 Å². The van der Waals surface area contributed by atoms with Crippen molar-refractivity contribution in [2.75, 3.05) is 24.2 Å². The number of primary amides is 1. The van der Waals surface area contributed by atoms with Gasteiger partial charge in [0.2, 0.25) is 0 Å². The average molecular weight is 488 g/mol. The Labute approximate surface area is 205 Å². The van der Waals surface area contributed by atoms with Gasteiger partial charge in [-0.05, 0) is 74.6 Å². The number of hydrogen-bond donors (Lipinski definition) is 3. The molecule has 1 atom stereocenters. The summed E-state index contributed by atoms with van der Waals surface area (Å²) in [7, 11) is 0. The van der Waals surface area contributed by atoms with Gasteiger partial charge in [0.1, 0.15) is 17.1 Å². The second-order valence-corrected chi connectivity index (χ2v) is 11.5. The van der Waals surface area contributed by atoms with Crippen molar-refractivity contribution in [1.82, 2.24) is 9.62 Å². The number of amidine groups is 1. The van der Waals surface area contributed by atoms with E-state index in [-0.39, 0.29) is 5.91 Å². The minimum absolute atomic E-state index is 0.0332. The lowest BCUT2D eigenvalue weighted by molar-refractivity contribution is -0.125. The second kappa shape index (κ2) is 10.7. The molecule has 2 aliphatic heterocycles. The number of hydrogen-bond acceptors (Lipinski definition) is 5. The Morgan fingerprint density at radius 1 is 1.29 bits per heavy atom. The molecule has 1 saturated heterocycles. The van der Waals surface area contributed by atoms with Crippen LogP contribution in [0.4, 0.5) is 10.5 Å². The van der Waals surface area contributed by atoms with Crippen molar-refractivity contribution in [1.29, 1.82) is 0 Å². The van der Waals surface area contributed by atoms with Gasteiger partial charge < -0.3 is 20.9 Å². The number of nitrogens with zero attached hydrogens (tertiary/aromatic N) is 2. The van der Waals surface area contributed by atoms with Crippen molar-refractivity contribution in [3.63, 3.8) is 0 Å². The van der Waals surface area contributed by atoms with E-state index in [1.54, 1.807) is 0 Å². The van der Waals surface area contributed by atoms with E-state index in [1.165, 1.54) is 19.3 Å². The van der Waals surface area contributed by atoms with Crippen molar-refractivity contribution in [2.45, 2.75) is 70.8 Å². The number of piperidine rings is 1. The lowest BCUT2D eigenvalue weighted by atomic mass is 9.80. The molecule has 4 rings (SSSR count). The summed E-state index contributed by atoms with van der Waals surface area (Å²) in [4.78, 5) is 28.9. The number of carbonyl (C=O) groups excluding carboxylic acids is 2. The van der Waals surface area contributed by atoms with Crippen LogP contribution in [0.1, 0.15) is 63.0 Å². The highest BCUT2D eigenvalue weighted by Gasteiger charge is 2.48. The van der Waals surface area contributed by atoms with E-state index in [0.717, 1.165) is 35.7 Å². The molecule has 34 heavy (non-hydrogen) atoms. The molecule has 2 heterocycles. The molecule has 3 amide bonds. The van der Waals surface area contributed by atoms with E-state index in [2.05, 4.69) is 17.6 Å². The smallest absolute Gasteiger partial charge is 0.316 e. The molecular weight excluding hydrogens is 450 g/mol. The molecule has 1 spiro atoms. The first-order valence-corrected chi connectivity index (χ1v) is 13.8. The van der Waals surface area contributed by atoms with Crippen LogP contribution >= 0.6 is 0 Å². The van der Waals surface area contributed by atoms with Gasteiger partial charge in [0, 0.05) is 42.5 Å². The van der Waals surface area contributed by atoms with Gasteiger partial charge in [-0.25, -0.2) is 4.79 Å². The molecule has 186 valence electrons. The molecule has 1 unspecified atom stereocenters. The zero-order valence-corrected chi connectivity index (χ0v) is 21.1. The SMILES string of the molecule is CC[C@H]1CC[C@H](C2=NC3(CCN([S+]([O-])CCc4ccc(NC(N)=O)cc4C)CC3)C(=O)N2)CC1. The van der Waals surface area contributed by atoms with Crippen molar-refractivity contribution >= 4 is 34.8 Å². The summed E-state index contributed by atoms with van der Waals surface area (Å²) >= 11 is -1.11. The quantitative estimate of drug-likeness (QED) is 0.511. The first-order chi connectivity index (χ1) is 16.3. The molecule has 0 bridgehead atoms. The van der Waals surface area contributed by atoms with E-state index in [9.17, 15) is 14.1 Å². The van der Waals surface area contributed by atoms with Gasteiger partial charge in [-0.15, -0.1) is 4.31 Å². The number of benzene rings is 1. The van der Waals surface area contributed by atoms with E-state index in [4.69, 9.17) is 10.7 Å². The van der Waals surface area contributed by atoms with Crippen LogP contribution in [0.5, 0.6) is 0 Å². The van der Waals surface area contributed by atoms with Crippen LogP contribution in [0.15, 0.2) is 23.2 Å². The molecular formula is C25H37N5O3S.